The third-order valence-electron chi connectivity index (χ3n) is 5.22. The number of nitrogens with one attached hydrogen (secondary N) is 1. The van der Waals surface area contributed by atoms with Gasteiger partial charge in [0.25, 0.3) is 5.56 Å². The lowest BCUT2D eigenvalue weighted by atomic mass is 10.0. The molecule has 0 radical (unpaired) electrons. The quantitative estimate of drug-likeness (QED) is 0.332. The minimum atomic E-state index is -0.207. The van der Waals surface area contributed by atoms with Gasteiger partial charge in [-0.2, -0.15) is 0 Å². The maximum absolute atomic E-state index is 13.2. The van der Waals surface area contributed by atoms with Gasteiger partial charge in [0.1, 0.15) is 0 Å². The molecule has 0 unspecified atom stereocenters. The molecule has 2 aromatic carbocycles. The van der Waals surface area contributed by atoms with E-state index in [1.165, 1.54) is 11.8 Å². The van der Waals surface area contributed by atoms with Crippen LogP contribution in [0.15, 0.2) is 76.8 Å². The number of aromatic nitrogens is 3. The lowest BCUT2D eigenvalue weighted by Gasteiger charge is -2.15. The number of thioether (sulfide) groups is 1. The average Bonchev–Trinajstić information content (AvgIpc) is 2.83. The standard InChI is InChI=1S/C25H24N4O2S/c1-3-17-10-8-11-18(4-2)22(17)27-21(30)16-32-25-28-23-20(14-9-15-26-23)24(31)29(25)19-12-6-5-7-13-19/h5-15H,3-4,16H2,1-2H3,(H,27,30). The van der Waals surface area contributed by atoms with Gasteiger partial charge in [-0.3, -0.25) is 14.2 Å². The van der Waals surface area contributed by atoms with E-state index in [0.717, 1.165) is 29.7 Å². The van der Waals surface area contributed by atoms with Crippen molar-refractivity contribution < 1.29 is 4.79 Å². The highest BCUT2D eigenvalue weighted by Crippen LogP contribution is 2.24. The second kappa shape index (κ2) is 9.78. The molecule has 1 amide bonds. The van der Waals surface area contributed by atoms with Crippen LogP contribution in [0.1, 0.15) is 25.0 Å². The van der Waals surface area contributed by atoms with Crippen molar-refractivity contribution in [3.05, 3.63) is 88.3 Å². The first kappa shape index (κ1) is 21.8. The van der Waals surface area contributed by atoms with Crippen LogP contribution in [0.5, 0.6) is 0 Å². The van der Waals surface area contributed by atoms with Crippen LogP contribution in [0, 0.1) is 0 Å². The van der Waals surface area contributed by atoms with E-state index in [4.69, 9.17) is 0 Å². The third-order valence-corrected chi connectivity index (χ3v) is 6.16. The minimum Gasteiger partial charge on any atom is -0.325 e. The predicted octanol–water partition coefficient (Wildman–Crippen LogP) is 4.64. The number of aryl methyl sites for hydroxylation is 2. The van der Waals surface area contributed by atoms with Gasteiger partial charge in [0.2, 0.25) is 5.91 Å². The zero-order chi connectivity index (χ0) is 22.5. The van der Waals surface area contributed by atoms with E-state index < -0.39 is 0 Å². The van der Waals surface area contributed by atoms with E-state index >= 15 is 0 Å². The van der Waals surface area contributed by atoms with Crippen LogP contribution < -0.4 is 10.9 Å². The summed E-state index contributed by atoms with van der Waals surface area (Å²) in [6.45, 7) is 4.15. The first-order valence-corrected chi connectivity index (χ1v) is 11.6. The molecule has 4 aromatic rings. The van der Waals surface area contributed by atoms with E-state index in [9.17, 15) is 9.59 Å². The number of carbonyl (C=O) groups excluding carboxylic acids is 1. The van der Waals surface area contributed by atoms with E-state index in [-0.39, 0.29) is 17.2 Å². The van der Waals surface area contributed by atoms with Gasteiger partial charge in [-0.25, -0.2) is 9.97 Å². The van der Waals surface area contributed by atoms with Crippen LogP contribution in [0.3, 0.4) is 0 Å². The Bertz CT molecular complexity index is 1300. The molecule has 7 heteroatoms. The van der Waals surface area contributed by atoms with Crippen molar-refractivity contribution in [2.45, 2.75) is 31.8 Å². The largest absolute Gasteiger partial charge is 0.325 e. The van der Waals surface area contributed by atoms with Crippen molar-refractivity contribution in [1.82, 2.24) is 14.5 Å². The van der Waals surface area contributed by atoms with Crippen LogP contribution in [0.25, 0.3) is 16.7 Å². The summed E-state index contributed by atoms with van der Waals surface area (Å²) in [5.74, 6) is -0.0145. The fraction of sp³-hybridized carbons (Fsp3) is 0.200. The summed E-state index contributed by atoms with van der Waals surface area (Å²) in [6, 6.07) is 18.8. The van der Waals surface area contributed by atoms with Crippen LogP contribution >= 0.6 is 11.8 Å². The summed E-state index contributed by atoms with van der Waals surface area (Å²) < 4.78 is 1.54. The highest BCUT2D eigenvalue weighted by Gasteiger charge is 2.16. The van der Waals surface area contributed by atoms with Crippen LogP contribution in [-0.2, 0) is 17.6 Å². The van der Waals surface area contributed by atoms with Gasteiger partial charge in [-0.1, -0.05) is 62.0 Å². The number of fused-ring (bicyclic) bond motifs is 1. The van der Waals surface area contributed by atoms with E-state index in [1.54, 1.807) is 22.9 Å². The SMILES string of the molecule is CCc1cccc(CC)c1NC(=O)CSc1nc2ncccc2c(=O)n1-c1ccccc1. The molecule has 0 fully saturated rings. The smallest absolute Gasteiger partial charge is 0.268 e. The number of para-hydroxylation sites is 2. The predicted molar refractivity (Wildman–Crippen MR) is 130 cm³/mol. The molecule has 0 spiro atoms. The normalized spacial score (nSPS) is 10.9. The molecule has 0 bridgehead atoms. The zero-order valence-electron chi connectivity index (χ0n) is 18.0. The summed E-state index contributed by atoms with van der Waals surface area (Å²) in [7, 11) is 0. The Kier molecular flexibility index (Phi) is 6.66. The Morgan fingerprint density at radius 1 is 0.969 bits per heavy atom. The van der Waals surface area contributed by atoms with Gasteiger partial charge in [0.15, 0.2) is 10.8 Å². The van der Waals surface area contributed by atoms with Crippen molar-refractivity contribution in [3.8, 4) is 5.69 Å². The monoisotopic (exact) mass is 444 g/mol. The Morgan fingerprint density at radius 2 is 1.69 bits per heavy atom. The van der Waals surface area contributed by atoms with Gasteiger partial charge < -0.3 is 5.32 Å². The molecule has 6 nitrogen and oxygen atoms in total. The zero-order valence-corrected chi connectivity index (χ0v) is 18.9. The van der Waals surface area contributed by atoms with Crippen molar-refractivity contribution >= 4 is 34.4 Å². The molecule has 0 aliphatic heterocycles. The summed E-state index contributed by atoms with van der Waals surface area (Å²) in [5, 5.41) is 3.94. The molecule has 162 valence electrons. The molecule has 4 rings (SSSR count). The fourth-order valence-electron chi connectivity index (χ4n) is 3.61. The van der Waals surface area contributed by atoms with E-state index in [0.29, 0.717) is 21.9 Å². The maximum Gasteiger partial charge on any atom is 0.268 e. The molecule has 0 aliphatic carbocycles. The molecule has 0 aliphatic rings. The highest BCUT2D eigenvalue weighted by atomic mass is 32.2. The van der Waals surface area contributed by atoms with Gasteiger partial charge in [-0.05, 0) is 48.2 Å². The van der Waals surface area contributed by atoms with Crippen LogP contribution in [0.4, 0.5) is 5.69 Å². The molecular formula is C25H24N4O2S. The first-order chi connectivity index (χ1) is 15.6. The summed E-state index contributed by atoms with van der Waals surface area (Å²) >= 11 is 1.22. The number of rotatable bonds is 7. The van der Waals surface area contributed by atoms with Crippen LogP contribution in [0.2, 0.25) is 0 Å². The topological polar surface area (TPSA) is 76.9 Å². The third kappa shape index (κ3) is 4.43. The van der Waals surface area contributed by atoms with E-state index in [1.807, 2.05) is 48.5 Å². The van der Waals surface area contributed by atoms with Crippen molar-refractivity contribution in [2.75, 3.05) is 11.1 Å². The number of benzene rings is 2. The molecule has 2 aromatic heterocycles. The number of nitrogens with zero attached hydrogens (tertiary/aromatic N) is 3. The molecule has 0 atom stereocenters. The number of amides is 1. The molecule has 0 saturated carbocycles. The molecule has 32 heavy (non-hydrogen) atoms. The number of hydrogen-bond acceptors (Lipinski definition) is 5. The number of anilines is 1. The average molecular weight is 445 g/mol. The molecule has 0 saturated heterocycles. The summed E-state index contributed by atoms with van der Waals surface area (Å²) in [6.07, 6.45) is 3.28. The van der Waals surface area contributed by atoms with E-state index in [2.05, 4.69) is 29.1 Å². The Morgan fingerprint density at radius 3 is 2.38 bits per heavy atom. The van der Waals surface area contributed by atoms with Gasteiger partial charge in [-0.15, -0.1) is 0 Å². The van der Waals surface area contributed by atoms with Crippen molar-refractivity contribution in [3.63, 3.8) is 0 Å². The summed E-state index contributed by atoms with van der Waals surface area (Å²) in [4.78, 5) is 34.9. The Balaban J connectivity index is 1.65. The van der Waals surface area contributed by atoms with Crippen molar-refractivity contribution in [1.29, 1.82) is 0 Å². The highest BCUT2D eigenvalue weighted by molar-refractivity contribution is 7.99. The minimum absolute atomic E-state index is 0.124. The number of carbonyl (C=O) groups is 1. The second-order valence-electron chi connectivity index (χ2n) is 7.24. The first-order valence-electron chi connectivity index (χ1n) is 10.6. The number of pyridine rings is 1. The Labute approximate surface area is 190 Å². The molecular weight excluding hydrogens is 420 g/mol. The number of hydrogen-bond donors (Lipinski definition) is 1. The lowest BCUT2D eigenvalue weighted by Crippen LogP contribution is -2.23. The second-order valence-corrected chi connectivity index (χ2v) is 8.18. The maximum atomic E-state index is 13.2. The van der Waals surface area contributed by atoms with Crippen LogP contribution in [-0.4, -0.2) is 26.2 Å². The fourth-order valence-corrected chi connectivity index (χ4v) is 4.41. The van der Waals surface area contributed by atoms with Gasteiger partial charge in [0.05, 0.1) is 16.8 Å². The summed E-state index contributed by atoms with van der Waals surface area (Å²) in [5.41, 5.74) is 3.97. The van der Waals surface area contributed by atoms with Gasteiger partial charge >= 0.3 is 0 Å². The van der Waals surface area contributed by atoms with Gasteiger partial charge in [0, 0.05) is 11.9 Å². The molecule has 1 N–H and O–H groups in total. The lowest BCUT2D eigenvalue weighted by molar-refractivity contribution is -0.113. The van der Waals surface area contributed by atoms with Crippen molar-refractivity contribution in [2.24, 2.45) is 0 Å². The Hall–Kier alpha value is -3.45. The molecule has 2 heterocycles.